The van der Waals surface area contributed by atoms with Crippen molar-refractivity contribution < 1.29 is 9.84 Å². The van der Waals surface area contributed by atoms with Crippen molar-refractivity contribution in [2.75, 3.05) is 33.4 Å². The van der Waals surface area contributed by atoms with Gasteiger partial charge in [0.15, 0.2) is 0 Å². The second-order valence-electron chi connectivity index (χ2n) is 6.04. The highest BCUT2D eigenvalue weighted by Crippen LogP contribution is 2.22. The molecule has 4 nitrogen and oxygen atoms in total. The maximum atomic E-state index is 9.31. The molecule has 1 heterocycles. The number of benzene rings is 1. The van der Waals surface area contributed by atoms with Crippen molar-refractivity contribution in [2.45, 2.75) is 38.9 Å². The molecular formula is C17H28N2O2. The monoisotopic (exact) mass is 292 g/mol. The topological polar surface area (TPSA) is 35.9 Å². The highest BCUT2D eigenvalue weighted by molar-refractivity contribution is 5.33. The number of piperazine rings is 1. The summed E-state index contributed by atoms with van der Waals surface area (Å²) >= 11 is 0. The van der Waals surface area contributed by atoms with Gasteiger partial charge in [-0.05, 0) is 26.3 Å². The van der Waals surface area contributed by atoms with E-state index in [4.69, 9.17) is 4.74 Å². The molecule has 0 saturated carbocycles. The average molecular weight is 292 g/mol. The zero-order valence-corrected chi connectivity index (χ0v) is 13.5. The Labute approximate surface area is 128 Å². The smallest absolute Gasteiger partial charge is 0.123 e. The Balaban J connectivity index is 2.02. The van der Waals surface area contributed by atoms with Crippen molar-refractivity contribution >= 4 is 0 Å². The van der Waals surface area contributed by atoms with Crippen LogP contribution in [0.4, 0.5) is 0 Å². The van der Waals surface area contributed by atoms with Gasteiger partial charge in [-0.25, -0.2) is 0 Å². The third-order valence-electron chi connectivity index (χ3n) is 4.32. The van der Waals surface area contributed by atoms with E-state index in [9.17, 15) is 5.11 Å². The van der Waals surface area contributed by atoms with Gasteiger partial charge in [-0.1, -0.05) is 18.2 Å². The Hall–Kier alpha value is -1.10. The molecule has 0 radical (unpaired) electrons. The van der Waals surface area contributed by atoms with E-state index in [1.54, 1.807) is 7.11 Å². The minimum atomic E-state index is 0.260. The predicted molar refractivity (Wildman–Crippen MR) is 85.6 cm³/mol. The Morgan fingerprint density at radius 3 is 2.71 bits per heavy atom. The molecule has 1 N–H and O–H groups in total. The fourth-order valence-electron chi connectivity index (χ4n) is 3.24. The molecular weight excluding hydrogens is 264 g/mol. The zero-order valence-electron chi connectivity index (χ0n) is 13.5. The summed E-state index contributed by atoms with van der Waals surface area (Å²) in [7, 11) is 1.73. The molecule has 1 atom stereocenters. The molecule has 1 aliphatic heterocycles. The molecule has 118 valence electrons. The summed E-state index contributed by atoms with van der Waals surface area (Å²) in [6, 6.07) is 9.20. The second kappa shape index (κ2) is 7.78. The number of methoxy groups -OCH3 is 1. The number of hydrogen-bond acceptors (Lipinski definition) is 4. The molecule has 0 aromatic heterocycles. The number of ether oxygens (including phenoxy) is 1. The van der Waals surface area contributed by atoms with Gasteiger partial charge in [-0.15, -0.1) is 0 Å². The number of aliphatic hydroxyl groups excluding tert-OH is 1. The summed E-state index contributed by atoms with van der Waals surface area (Å²) in [6.07, 6.45) is 0.848. The van der Waals surface area contributed by atoms with Crippen LogP contribution in [0, 0.1) is 0 Å². The molecule has 1 aliphatic rings. The van der Waals surface area contributed by atoms with E-state index < -0.39 is 0 Å². The standard InChI is InChI=1S/C17H28N2O2/c1-14(2)19-10-9-18(13-16(19)8-11-20)12-15-6-4-5-7-17(15)21-3/h4-7,14,16,20H,8-13H2,1-3H3/t16-/m1/s1. The van der Waals surface area contributed by atoms with Gasteiger partial charge >= 0.3 is 0 Å². The third-order valence-corrected chi connectivity index (χ3v) is 4.32. The lowest BCUT2D eigenvalue weighted by Crippen LogP contribution is -2.55. The molecule has 4 heteroatoms. The SMILES string of the molecule is COc1ccccc1CN1CCN(C(C)C)[C@H](CCO)C1. The third kappa shape index (κ3) is 4.19. The minimum Gasteiger partial charge on any atom is -0.496 e. The van der Waals surface area contributed by atoms with Crippen LogP contribution in [0.3, 0.4) is 0 Å². The Bertz CT molecular complexity index is 437. The fourth-order valence-corrected chi connectivity index (χ4v) is 3.24. The first kappa shape index (κ1) is 16.3. The number of aliphatic hydroxyl groups is 1. The number of hydrogen-bond donors (Lipinski definition) is 1. The molecule has 0 spiro atoms. The van der Waals surface area contributed by atoms with Crippen molar-refractivity contribution in [1.29, 1.82) is 0 Å². The summed E-state index contributed by atoms with van der Waals surface area (Å²) in [6.45, 7) is 8.79. The maximum Gasteiger partial charge on any atom is 0.123 e. The van der Waals surface area contributed by atoms with Crippen LogP contribution < -0.4 is 4.74 Å². The van der Waals surface area contributed by atoms with Crippen molar-refractivity contribution in [3.63, 3.8) is 0 Å². The highest BCUT2D eigenvalue weighted by Gasteiger charge is 2.28. The largest absolute Gasteiger partial charge is 0.496 e. The predicted octanol–water partition coefficient (Wildman–Crippen LogP) is 1.97. The normalized spacial score (nSPS) is 20.9. The van der Waals surface area contributed by atoms with Gasteiger partial charge in [0.25, 0.3) is 0 Å². The van der Waals surface area contributed by atoms with Crippen LogP contribution in [0.5, 0.6) is 5.75 Å². The first-order valence-electron chi connectivity index (χ1n) is 7.86. The number of nitrogens with zero attached hydrogens (tertiary/aromatic N) is 2. The molecule has 1 aromatic carbocycles. The first-order valence-corrected chi connectivity index (χ1v) is 7.86. The van der Waals surface area contributed by atoms with E-state index in [2.05, 4.69) is 35.8 Å². The molecule has 0 amide bonds. The van der Waals surface area contributed by atoms with Crippen LogP contribution in [0.25, 0.3) is 0 Å². The Morgan fingerprint density at radius 2 is 2.05 bits per heavy atom. The molecule has 0 aliphatic carbocycles. The van der Waals surface area contributed by atoms with E-state index >= 15 is 0 Å². The van der Waals surface area contributed by atoms with Crippen LogP contribution in [0.15, 0.2) is 24.3 Å². The van der Waals surface area contributed by atoms with Gasteiger partial charge in [0.2, 0.25) is 0 Å². The van der Waals surface area contributed by atoms with Crippen LogP contribution in [-0.4, -0.2) is 60.3 Å². The van der Waals surface area contributed by atoms with E-state index in [0.717, 1.165) is 38.3 Å². The lowest BCUT2D eigenvalue weighted by molar-refractivity contribution is 0.0346. The Kier molecular flexibility index (Phi) is 6.03. The van der Waals surface area contributed by atoms with Crippen molar-refractivity contribution in [3.05, 3.63) is 29.8 Å². The van der Waals surface area contributed by atoms with E-state index in [1.165, 1.54) is 5.56 Å². The van der Waals surface area contributed by atoms with Gasteiger partial charge in [0, 0.05) is 50.4 Å². The molecule has 1 aromatic rings. The number of para-hydroxylation sites is 1. The highest BCUT2D eigenvalue weighted by atomic mass is 16.5. The van der Waals surface area contributed by atoms with Gasteiger partial charge in [0.1, 0.15) is 5.75 Å². The lowest BCUT2D eigenvalue weighted by atomic mass is 10.1. The first-order chi connectivity index (χ1) is 10.2. The van der Waals surface area contributed by atoms with Crippen LogP contribution in [-0.2, 0) is 6.54 Å². The van der Waals surface area contributed by atoms with Crippen molar-refractivity contribution in [2.24, 2.45) is 0 Å². The molecule has 21 heavy (non-hydrogen) atoms. The van der Waals surface area contributed by atoms with E-state index in [-0.39, 0.29) is 6.61 Å². The maximum absolute atomic E-state index is 9.31. The summed E-state index contributed by atoms with van der Waals surface area (Å²) < 4.78 is 5.44. The molecule has 2 rings (SSSR count). The number of rotatable bonds is 6. The van der Waals surface area contributed by atoms with Crippen LogP contribution in [0.1, 0.15) is 25.8 Å². The van der Waals surface area contributed by atoms with Gasteiger partial charge in [-0.3, -0.25) is 9.80 Å². The van der Waals surface area contributed by atoms with E-state index in [0.29, 0.717) is 12.1 Å². The molecule has 1 saturated heterocycles. The zero-order chi connectivity index (χ0) is 15.2. The minimum absolute atomic E-state index is 0.260. The van der Waals surface area contributed by atoms with Crippen LogP contribution in [0.2, 0.25) is 0 Å². The summed E-state index contributed by atoms with van der Waals surface area (Å²) in [5, 5.41) is 9.31. The second-order valence-corrected chi connectivity index (χ2v) is 6.04. The van der Waals surface area contributed by atoms with Gasteiger partial charge in [-0.2, -0.15) is 0 Å². The van der Waals surface area contributed by atoms with Crippen LogP contribution >= 0.6 is 0 Å². The van der Waals surface area contributed by atoms with E-state index in [1.807, 2.05) is 12.1 Å². The average Bonchev–Trinajstić information content (AvgIpc) is 2.48. The summed E-state index contributed by atoms with van der Waals surface area (Å²) in [4.78, 5) is 4.98. The quantitative estimate of drug-likeness (QED) is 0.869. The fraction of sp³-hybridized carbons (Fsp3) is 0.647. The lowest BCUT2D eigenvalue weighted by Gasteiger charge is -2.43. The van der Waals surface area contributed by atoms with Gasteiger partial charge in [0.05, 0.1) is 7.11 Å². The molecule has 1 fully saturated rings. The summed E-state index contributed by atoms with van der Waals surface area (Å²) in [5.41, 5.74) is 1.24. The molecule has 0 unspecified atom stereocenters. The van der Waals surface area contributed by atoms with Crippen molar-refractivity contribution in [1.82, 2.24) is 9.80 Å². The van der Waals surface area contributed by atoms with Gasteiger partial charge < -0.3 is 9.84 Å². The Morgan fingerprint density at radius 1 is 1.29 bits per heavy atom. The summed E-state index contributed by atoms with van der Waals surface area (Å²) in [5.74, 6) is 0.961. The van der Waals surface area contributed by atoms with Crippen molar-refractivity contribution in [3.8, 4) is 5.75 Å². The molecule has 0 bridgehead atoms.